The van der Waals surface area contributed by atoms with Crippen molar-refractivity contribution in [2.75, 3.05) is 12.4 Å². The van der Waals surface area contributed by atoms with Crippen LogP contribution in [0.15, 0.2) is 71.8 Å². The molecule has 0 atom stereocenters. The Balaban J connectivity index is 1.49. The van der Waals surface area contributed by atoms with Crippen molar-refractivity contribution in [3.63, 3.8) is 0 Å². The van der Waals surface area contributed by atoms with Crippen molar-refractivity contribution >= 4 is 38.6 Å². The lowest BCUT2D eigenvalue weighted by Gasteiger charge is -2.13. The lowest BCUT2D eigenvalue weighted by molar-refractivity contribution is 0.0980. The minimum atomic E-state index is -4.70. The van der Waals surface area contributed by atoms with E-state index in [1.165, 1.54) is 30.3 Å². The number of hydrogen-bond donors (Lipinski definition) is 2. The average Bonchev–Trinajstić information content (AvgIpc) is 3.54. The van der Waals surface area contributed by atoms with Gasteiger partial charge in [0.05, 0.1) is 12.0 Å². The number of rotatable bonds is 8. The van der Waals surface area contributed by atoms with Gasteiger partial charge < -0.3 is 14.0 Å². The summed E-state index contributed by atoms with van der Waals surface area (Å²) in [6, 6.07) is 11.9. The lowest BCUT2D eigenvalue weighted by Crippen LogP contribution is -2.31. The quantitative estimate of drug-likeness (QED) is 0.273. The summed E-state index contributed by atoms with van der Waals surface area (Å²) in [5.74, 6) is -1.42. The van der Waals surface area contributed by atoms with Gasteiger partial charge in [0.2, 0.25) is 0 Å². The molecule has 214 valence electrons. The molecule has 9 nitrogen and oxygen atoms in total. The number of carbonyl (C=O) groups excluding carboxylic acids is 2. The predicted molar refractivity (Wildman–Crippen MR) is 157 cm³/mol. The van der Waals surface area contributed by atoms with Crippen LogP contribution in [0.2, 0.25) is 0 Å². The van der Waals surface area contributed by atoms with Gasteiger partial charge in [-0.05, 0) is 85.5 Å². The molecule has 0 aliphatic heterocycles. The number of nitrogens with zero attached hydrogens (tertiary/aromatic N) is 1. The first-order chi connectivity index (χ1) is 24.3. The SMILES string of the molecule is [2H]C([2H])([2H])c1ccccc1S(=O)(=O)NC(=O)c1ccc(C([2H])([2H])c2cn(C([2H])([2H])[2H])c3ccc(NC(=O)OC4C([2H])([2H])CCC4([2H])[2H])cc23)c(OC)c1. The van der Waals surface area contributed by atoms with E-state index in [1.54, 1.807) is 0 Å². The van der Waals surface area contributed by atoms with E-state index in [-0.39, 0.29) is 51.9 Å². The monoisotopic (exact) mass is 587 g/mol. The van der Waals surface area contributed by atoms with Gasteiger partial charge in [-0.2, -0.15) is 0 Å². The molecule has 10 heteroatoms. The van der Waals surface area contributed by atoms with Crippen LogP contribution in [-0.4, -0.2) is 38.2 Å². The molecule has 0 saturated heterocycles. The molecule has 5 rings (SSSR count). The van der Waals surface area contributed by atoms with Crippen LogP contribution in [0, 0.1) is 6.85 Å². The van der Waals surface area contributed by atoms with Crippen molar-refractivity contribution in [1.29, 1.82) is 0 Å². The van der Waals surface area contributed by atoms with E-state index >= 15 is 0 Å². The number of aryl methyl sites for hydroxylation is 2. The van der Waals surface area contributed by atoms with Crippen LogP contribution in [0.25, 0.3) is 10.9 Å². The van der Waals surface area contributed by atoms with Gasteiger partial charge >= 0.3 is 6.09 Å². The zero-order valence-corrected chi connectivity index (χ0v) is 22.5. The summed E-state index contributed by atoms with van der Waals surface area (Å²) in [7, 11) is -3.53. The number of amides is 2. The largest absolute Gasteiger partial charge is 0.496 e. The molecule has 1 saturated carbocycles. The van der Waals surface area contributed by atoms with Crippen molar-refractivity contribution in [2.45, 2.75) is 49.8 Å². The number of carbonyl (C=O) groups is 2. The summed E-state index contributed by atoms with van der Waals surface area (Å²) in [4.78, 5) is 25.3. The zero-order valence-electron chi connectivity index (χ0n) is 33.6. The van der Waals surface area contributed by atoms with Crippen molar-refractivity contribution in [1.82, 2.24) is 9.29 Å². The number of fused-ring (bicyclic) bond motifs is 1. The zero-order chi connectivity index (χ0) is 39.5. The van der Waals surface area contributed by atoms with Crippen LogP contribution in [0.3, 0.4) is 0 Å². The maximum absolute atomic E-state index is 13.2. The fourth-order valence-electron chi connectivity index (χ4n) is 4.24. The molecule has 0 unspecified atom stereocenters. The standard InChI is InChI=1S/C31H33N3O6S/c1-20-8-4-7-11-29(20)41(37,38)33-30(35)22-13-12-21(28(17-22)39-3)16-23-19-34(2)27-15-14-24(18-26(23)27)32-31(36)40-25-9-5-6-10-25/h4,7-8,11-15,17-19,25H,5-6,9-10,16H2,1-3H3,(H,32,36)(H,33,35)/i1D3,2D3,9D2,10D2,16D2. The number of methoxy groups -OCH3 is 1. The van der Waals surface area contributed by atoms with Gasteiger partial charge in [-0.1, -0.05) is 24.3 Å². The topological polar surface area (TPSA) is 116 Å². The first-order valence-corrected chi connectivity index (χ1v) is 13.8. The second-order valence-electron chi connectivity index (χ2n) is 8.93. The number of benzene rings is 3. The Kier molecular flexibility index (Phi) is 4.79. The molecule has 1 heterocycles. The molecule has 1 aliphatic rings. The molecular weight excluding hydrogens is 542 g/mol. The van der Waals surface area contributed by atoms with Gasteiger partial charge in [-0.25, -0.2) is 17.9 Å². The third kappa shape index (κ3) is 6.22. The van der Waals surface area contributed by atoms with E-state index < -0.39 is 71.5 Å². The van der Waals surface area contributed by atoms with Crippen molar-refractivity contribution in [2.24, 2.45) is 6.98 Å². The summed E-state index contributed by atoms with van der Waals surface area (Å²) in [6.45, 7) is -5.60. The molecule has 0 bridgehead atoms. The number of nitrogens with one attached hydrogen (secondary N) is 2. The number of ether oxygens (including phenoxy) is 2. The fraction of sp³-hybridized carbons (Fsp3) is 0.290. The van der Waals surface area contributed by atoms with Crippen molar-refractivity contribution in [3.05, 3.63) is 89.1 Å². The van der Waals surface area contributed by atoms with E-state index in [0.717, 1.165) is 48.2 Å². The molecule has 4 aromatic rings. The van der Waals surface area contributed by atoms with E-state index in [2.05, 4.69) is 5.32 Å². The van der Waals surface area contributed by atoms with Crippen LogP contribution in [-0.2, 0) is 28.1 Å². The molecule has 1 aliphatic carbocycles. The number of anilines is 1. The maximum Gasteiger partial charge on any atom is 0.411 e. The smallest absolute Gasteiger partial charge is 0.411 e. The van der Waals surface area contributed by atoms with Gasteiger partial charge in [0.1, 0.15) is 11.9 Å². The Hall–Kier alpha value is -4.31. The molecule has 2 amide bonds. The summed E-state index contributed by atoms with van der Waals surface area (Å²) >= 11 is 0. The van der Waals surface area contributed by atoms with E-state index in [0.29, 0.717) is 0 Å². The second-order valence-corrected chi connectivity index (χ2v) is 10.6. The van der Waals surface area contributed by atoms with Crippen molar-refractivity contribution < 1.29 is 43.9 Å². The van der Waals surface area contributed by atoms with Gasteiger partial charge in [-0.3, -0.25) is 10.1 Å². The minimum Gasteiger partial charge on any atom is -0.496 e. The van der Waals surface area contributed by atoms with Gasteiger partial charge in [0.25, 0.3) is 15.9 Å². The Labute approximate surface area is 256 Å². The van der Waals surface area contributed by atoms with Crippen LogP contribution in [0.4, 0.5) is 10.5 Å². The summed E-state index contributed by atoms with van der Waals surface area (Å²) in [5.41, 5.74) is -1.22. The molecule has 2 N–H and O–H groups in total. The fourth-order valence-corrected chi connectivity index (χ4v) is 5.33. The molecule has 1 aromatic heterocycles. The first-order valence-electron chi connectivity index (χ1n) is 18.3. The highest BCUT2D eigenvalue weighted by atomic mass is 32.2. The molecule has 0 spiro atoms. The first kappa shape index (κ1) is 16.8. The van der Waals surface area contributed by atoms with E-state index in [1.807, 2.05) is 4.72 Å². The lowest BCUT2D eigenvalue weighted by atomic mass is 10.0. The van der Waals surface area contributed by atoms with Crippen LogP contribution in [0.1, 0.15) is 69.1 Å². The Morgan fingerprint density at radius 1 is 1.10 bits per heavy atom. The molecular formula is C31H33N3O6S. The molecule has 0 radical (unpaired) electrons. The Morgan fingerprint density at radius 2 is 1.90 bits per heavy atom. The number of hydrogen-bond acceptors (Lipinski definition) is 6. The van der Waals surface area contributed by atoms with E-state index in [9.17, 15) is 18.0 Å². The third-order valence-corrected chi connectivity index (χ3v) is 7.59. The summed E-state index contributed by atoms with van der Waals surface area (Å²) in [5, 5.41) is 2.38. The van der Waals surface area contributed by atoms with Gasteiger partial charge in [0.15, 0.2) is 0 Å². The Bertz CT molecular complexity index is 2180. The normalized spacial score (nSPS) is 21.5. The van der Waals surface area contributed by atoms with Crippen LogP contribution >= 0.6 is 0 Å². The highest BCUT2D eigenvalue weighted by molar-refractivity contribution is 7.90. The highest BCUT2D eigenvalue weighted by Crippen LogP contribution is 2.30. The van der Waals surface area contributed by atoms with Gasteiger partial charge in [-0.15, -0.1) is 0 Å². The average molecular weight is 588 g/mol. The van der Waals surface area contributed by atoms with Crippen LogP contribution in [0.5, 0.6) is 5.75 Å². The van der Waals surface area contributed by atoms with Crippen molar-refractivity contribution in [3.8, 4) is 5.75 Å². The third-order valence-electron chi connectivity index (χ3n) is 6.20. The van der Waals surface area contributed by atoms with Gasteiger partial charge in [0, 0.05) is 58.1 Å². The number of sulfonamides is 1. The summed E-state index contributed by atoms with van der Waals surface area (Å²) < 4.78 is 137. The second kappa shape index (κ2) is 11.7. The predicted octanol–water partition coefficient (Wildman–Crippen LogP) is 5.70. The number of aromatic nitrogens is 1. The molecule has 41 heavy (non-hydrogen) atoms. The van der Waals surface area contributed by atoms with E-state index in [4.69, 9.17) is 25.9 Å². The van der Waals surface area contributed by atoms with Crippen LogP contribution < -0.4 is 14.8 Å². The Morgan fingerprint density at radius 3 is 2.66 bits per heavy atom. The highest BCUT2D eigenvalue weighted by Gasteiger charge is 2.22. The maximum atomic E-state index is 13.2. The minimum absolute atomic E-state index is 0.0118. The molecule has 3 aromatic carbocycles. The molecule has 1 fully saturated rings. The summed E-state index contributed by atoms with van der Waals surface area (Å²) in [6.07, 6.45) is -9.00.